The Kier molecular flexibility index (Phi) is 13.9. The van der Waals surface area contributed by atoms with Gasteiger partial charge in [0.25, 0.3) is 22.7 Å². The largest absolute Gasteiger partial charge is 0.457 e. The van der Waals surface area contributed by atoms with E-state index in [1.165, 1.54) is 110 Å². The number of nitro groups is 4. The summed E-state index contributed by atoms with van der Waals surface area (Å²) in [5.41, 5.74) is 5.39. The van der Waals surface area contributed by atoms with Crippen molar-refractivity contribution in [3.63, 3.8) is 0 Å². The van der Waals surface area contributed by atoms with Crippen molar-refractivity contribution in [2.45, 2.75) is 18.9 Å². The van der Waals surface area contributed by atoms with Crippen LogP contribution in [0.5, 0.6) is 46.0 Å². The van der Waals surface area contributed by atoms with Crippen molar-refractivity contribution in [1.29, 1.82) is 0 Å². The Morgan fingerprint density at radius 3 is 0.890 bits per heavy atom. The molecule has 1 heterocycles. The highest BCUT2D eigenvalue weighted by atomic mass is 16.6. The van der Waals surface area contributed by atoms with Gasteiger partial charge in [0.05, 0.1) is 19.7 Å². The Balaban J connectivity index is 0.000000164. The van der Waals surface area contributed by atoms with Gasteiger partial charge >= 0.3 is 0 Å². The highest BCUT2D eigenvalue weighted by Gasteiger charge is 2.30. The fourth-order valence-electron chi connectivity index (χ4n) is 8.08. The maximum absolute atomic E-state index is 13.1. The van der Waals surface area contributed by atoms with E-state index in [-0.39, 0.29) is 28.5 Å². The Hall–Kier alpha value is -9.85. The number of hydrogen-bond acceptors (Lipinski definition) is 15. The normalized spacial score (nSPS) is 12.6. The average molecular weight is 983 g/mol. The summed E-state index contributed by atoms with van der Waals surface area (Å²) in [5.74, 6) is 3.34. The molecule has 19 heteroatoms. The summed E-state index contributed by atoms with van der Waals surface area (Å²) < 4.78 is 28.1. The van der Waals surface area contributed by atoms with Gasteiger partial charge in [0, 0.05) is 72.9 Å². The molecule has 0 saturated carbocycles. The molecule has 1 saturated heterocycles. The van der Waals surface area contributed by atoms with Crippen molar-refractivity contribution in [3.8, 4) is 68.2 Å². The van der Waals surface area contributed by atoms with Gasteiger partial charge in [0.1, 0.15) is 52.1 Å². The third kappa shape index (κ3) is 11.0. The molecule has 8 aromatic carbocycles. The molecule has 0 radical (unpaired) electrons. The molecule has 1 fully saturated rings. The number of nitrogens with zero attached hydrogens (tertiary/aromatic N) is 4. The summed E-state index contributed by atoms with van der Waals surface area (Å²) in [5, 5.41) is 54.2. The van der Waals surface area contributed by atoms with Crippen LogP contribution in [0.1, 0.15) is 46.0 Å². The van der Waals surface area contributed by atoms with Crippen LogP contribution in [0.4, 0.5) is 22.7 Å². The first kappa shape index (κ1) is 48.2. The molecule has 1 aliphatic heterocycles. The number of ketones is 1. The number of rotatable bonds is 12. The van der Waals surface area contributed by atoms with Crippen molar-refractivity contribution in [3.05, 3.63) is 233 Å². The molecule has 0 spiro atoms. The lowest BCUT2D eigenvalue weighted by atomic mass is 10.1. The van der Waals surface area contributed by atoms with Crippen molar-refractivity contribution in [1.82, 2.24) is 0 Å². The predicted molar refractivity (Wildman–Crippen MR) is 264 cm³/mol. The van der Waals surface area contributed by atoms with E-state index >= 15 is 0 Å². The minimum Gasteiger partial charge on any atom is -0.457 e. The van der Waals surface area contributed by atoms with Crippen molar-refractivity contribution < 1.29 is 53.3 Å². The third-order valence-corrected chi connectivity index (χ3v) is 11.6. The van der Waals surface area contributed by atoms with Gasteiger partial charge in [-0.3, -0.25) is 45.3 Å². The van der Waals surface area contributed by atoms with Gasteiger partial charge in [-0.2, -0.15) is 0 Å². The van der Waals surface area contributed by atoms with Gasteiger partial charge in [0.2, 0.25) is 0 Å². The van der Waals surface area contributed by atoms with Crippen LogP contribution in [0.15, 0.2) is 170 Å². The Bertz CT molecular complexity index is 3190. The summed E-state index contributed by atoms with van der Waals surface area (Å²) in [6, 6.07) is 43.8. The molecule has 19 nitrogen and oxygen atoms in total. The second kappa shape index (κ2) is 21.0. The molecular formula is C54H38N4O15. The molecule has 73 heavy (non-hydrogen) atoms. The smallest absolute Gasteiger partial charge is 0.269 e. The second-order valence-corrected chi connectivity index (χ2v) is 16.4. The highest BCUT2D eigenvalue weighted by molar-refractivity contribution is 6.22. The lowest BCUT2D eigenvalue weighted by Crippen LogP contribution is -1.96. The minimum absolute atomic E-state index is 0.0288. The fraction of sp³-hybridized carbons (Fsp3) is 0.0926. The number of ether oxygens (including phenoxy) is 5. The van der Waals surface area contributed by atoms with Crippen LogP contribution in [0.3, 0.4) is 0 Å². The summed E-state index contributed by atoms with van der Waals surface area (Å²) in [4.78, 5) is 54.4. The topological polar surface area (TPSA) is 256 Å². The molecule has 8 aromatic rings. The first-order chi connectivity index (χ1) is 35.3. The van der Waals surface area contributed by atoms with Gasteiger partial charge in [-0.05, 0) is 155 Å². The standard InChI is InChI=1S/C25H16N2O7.C25H14N2O7.C4H8O/c2*28-25-23-13-19(33-17-5-1-15(2-6-17)26(29)30)9-11-21(23)22-12-10-20(14-24(22)25)34-18-7-3-16(4-8-18)27(31)32;1-2-4-5-3-1/h1-14,25,28H;1-14H;1-4H2. The summed E-state index contributed by atoms with van der Waals surface area (Å²) in [7, 11) is 0. The van der Waals surface area contributed by atoms with E-state index in [9.17, 15) is 50.4 Å². The first-order valence-electron chi connectivity index (χ1n) is 22.3. The van der Waals surface area contributed by atoms with Crippen LogP contribution in [0.2, 0.25) is 0 Å². The maximum Gasteiger partial charge on any atom is 0.269 e. The summed E-state index contributed by atoms with van der Waals surface area (Å²) in [6.07, 6.45) is 1.66. The number of nitro benzene ring substituents is 4. The zero-order valence-corrected chi connectivity index (χ0v) is 38.0. The molecule has 1 N–H and O–H groups in total. The number of non-ortho nitro benzene ring substituents is 4. The van der Waals surface area contributed by atoms with E-state index in [2.05, 4.69) is 0 Å². The quantitative estimate of drug-likeness (QED) is 0.0882. The number of aliphatic hydroxyl groups excluding tert-OH is 1. The Morgan fingerprint density at radius 2 is 0.630 bits per heavy atom. The molecule has 3 aliphatic rings. The number of benzene rings is 8. The summed E-state index contributed by atoms with van der Waals surface area (Å²) in [6.45, 7) is 2.00. The van der Waals surface area contributed by atoms with Crippen LogP contribution in [-0.4, -0.2) is 43.8 Å². The minimum atomic E-state index is -0.897. The van der Waals surface area contributed by atoms with Gasteiger partial charge in [-0.15, -0.1) is 0 Å². The van der Waals surface area contributed by atoms with Gasteiger partial charge in [-0.25, -0.2) is 0 Å². The van der Waals surface area contributed by atoms with E-state index < -0.39 is 25.8 Å². The monoisotopic (exact) mass is 982 g/mol. The van der Waals surface area contributed by atoms with E-state index in [0.717, 1.165) is 35.5 Å². The van der Waals surface area contributed by atoms with Crippen LogP contribution in [0.25, 0.3) is 22.3 Å². The van der Waals surface area contributed by atoms with Gasteiger partial charge < -0.3 is 28.8 Å². The molecule has 2 aliphatic carbocycles. The number of carbonyl (C=O) groups excluding carboxylic acids is 1. The lowest BCUT2D eigenvalue weighted by Gasteiger charge is -2.10. The number of carbonyl (C=O) groups is 1. The molecular weight excluding hydrogens is 945 g/mol. The van der Waals surface area contributed by atoms with Crippen molar-refractivity contribution >= 4 is 28.5 Å². The van der Waals surface area contributed by atoms with Crippen LogP contribution < -0.4 is 18.9 Å². The maximum atomic E-state index is 13.1. The van der Waals surface area contributed by atoms with Gasteiger partial charge in [0.15, 0.2) is 5.78 Å². The van der Waals surface area contributed by atoms with Crippen LogP contribution in [-0.2, 0) is 4.74 Å². The van der Waals surface area contributed by atoms with Crippen molar-refractivity contribution in [2.75, 3.05) is 13.2 Å². The van der Waals surface area contributed by atoms with Crippen LogP contribution in [0, 0.1) is 40.5 Å². The molecule has 0 amide bonds. The average Bonchev–Trinajstić information content (AvgIpc) is 4.14. The first-order valence-corrected chi connectivity index (χ1v) is 22.3. The van der Waals surface area contributed by atoms with E-state index in [1.54, 1.807) is 60.7 Å². The molecule has 0 aromatic heterocycles. The molecule has 0 bridgehead atoms. The van der Waals surface area contributed by atoms with Crippen LogP contribution >= 0.6 is 0 Å². The number of aliphatic hydroxyl groups is 1. The van der Waals surface area contributed by atoms with Gasteiger partial charge in [-0.1, -0.05) is 12.1 Å². The Morgan fingerprint density at radius 1 is 0.370 bits per heavy atom. The number of hydrogen-bond donors (Lipinski definition) is 1. The molecule has 0 atom stereocenters. The van der Waals surface area contributed by atoms with E-state index in [4.69, 9.17) is 23.7 Å². The predicted octanol–water partition coefficient (Wildman–Crippen LogP) is 13.2. The SMILES string of the molecule is C1CCOC1.O=C1c2cc(Oc3ccc([N+](=O)[O-])cc3)ccc2-c2ccc(Oc3ccc([N+](=O)[O-])cc3)cc21.O=[N+]([O-])c1ccc(Oc2ccc3c(c2)C(O)c2cc(Oc4ccc([N+](=O)[O-])cc4)ccc2-3)cc1. The third-order valence-electron chi connectivity index (χ3n) is 11.6. The van der Waals surface area contributed by atoms with E-state index in [0.29, 0.717) is 68.2 Å². The zero-order chi connectivity index (χ0) is 51.2. The zero-order valence-electron chi connectivity index (χ0n) is 38.0. The lowest BCUT2D eigenvalue weighted by molar-refractivity contribution is -0.385. The summed E-state index contributed by atoms with van der Waals surface area (Å²) >= 11 is 0. The molecule has 364 valence electrons. The van der Waals surface area contributed by atoms with E-state index in [1.807, 2.05) is 12.1 Å². The molecule has 11 rings (SSSR count). The second-order valence-electron chi connectivity index (χ2n) is 16.4. The Labute approximate surface area is 413 Å². The molecule has 0 unspecified atom stereocenters. The fourth-order valence-corrected chi connectivity index (χ4v) is 8.08. The van der Waals surface area contributed by atoms with Crippen molar-refractivity contribution in [2.24, 2.45) is 0 Å². The highest BCUT2D eigenvalue weighted by Crippen LogP contribution is 2.47. The number of fused-ring (bicyclic) bond motifs is 6.